The van der Waals surface area contributed by atoms with Crippen LogP contribution in [0.4, 0.5) is 0 Å². The molecule has 29 heavy (non-hydrogen) atoms. The molecule has 0 fully saturated rings. The van der Waals surface area contributed by atoms with E-state index in [0.29, 0.717) is 29.4 Å². The smallest absolute Gasteiger partial charge is 0.304 e. The van der Waals surface area contributed by atoms with Crippen LogP contribution in [0.3, 0.4) is 0 Å². The van der Waals surface area contributed by atoms with Crippen LogP contribution in [0.5, 0.6) is 17.2 Å². The van der Waals surface area contributed by atoms with Crippen molar-refractivity contribution in [3.63, 3.8) is 0 Å². The van der Waals surface area contributed by atoms with Crippen molar-refractivity contribution in [2.24, 2.45) is 5.41 Å². The van der Waals surface area contributed by atoms with Gasteiger partial charge in [-0.05, 0) is 29.3 Å². The summed E-state index contributed by atoms with van der Waals surface area (Å²) in [5.74, 6) is 0.391. The van der Waals surface area contributed by atoms with Crippen LogP contribution < -0.4 is 19.5 Å². The number of carbonyl (C=O) groups excluding carboxylic acids is 1. The first-order valence-electron chi connectivity index (χ1n) is 9.27. The third kappa shape index (κ3) is 4.13. The molecule has 3 rings (SSSR count). The molecular weight excluding hydrogens is 374 g/mol. The summed E-state index contributed by atoms with van der Waals surface area (Å²) in [6.45, 7) is 4.26. The molecule has 0 aliphatic carbocycles. The Kier molecular flexibility index (Phi) is 5.68. The Morgan fingerprint density at radius 1 is 1.07 bits per heavy atom. The van der Waals surface area contributed by atoms with E-state index in [-0.39, 0.29) is 18.9 Å². The molecule has 0 saturated carbocycles. The number of ether oxygens (including phenoxy) is 3. The summed E-state index contributed by atoms with van der Waals surface area (Å²) in [5, 5.41) is 12.0. The van der Waals surface area contributed by atoms with Gasteiger partial charge in [0.25, 0.3) is 5.91 Å². The topological polar surface area (TPSA) is 94.1 Å². The van der Waals surface area contributed by atoms with Gasteiger partial charge in [0.2, 0.25) is 5.75 Å². The van der Waals surface area contributed by atoms with Crippen LogP contribution in [0.1, 0.15) is 36.2 Å². The lowest BCUT2D eigenvalue weighted by molar-refractivity contribution is -0.139. The summed E-state index contributed by atoms with van der Waals surface area (Å²) >= 11 is 0. The largest absolute Gasteiger partial charge is 0.493 e. The Morgan fingerprint density at radius 3 is 2.45 bits per heavy atom. The summed E-state index contributed by atoms with van der Waals surface area (Å²) in [6.07, 6.45) is -0.0340. The number of carbonyl (C=O) groups is 2. The van der Waals surface area contributed by atoms with E-state index in [0.717, 1.165) is 16.7 Å². The molecule has 0 atom stereocenters. The Hall–Kier alpha value is -3.22. The van der Waals surface area contributed by atoms with E-state index < -0.39 is 11.4 Å². The second kappa shape index (κ2) is 8.03. The first kappa shape index (κ1) is 20.5. The molecule has 1 heterocycles. The van der Waals surface area contributed by atoms with Crippen molar-refractivity contribution >= 4 is 11.9 Å². The maximum atomic E-state index is 12.1. The third-order valence-corrected chi connectivity index (χ3v) is 4.87. The Labute approximate surface area is 169 Å². The van der Waals surface area contributed by atoms with Gasteiger partial charge in [-0.25, -0.2) is 0 Å². The van der Waals surface area contributed by atoms with Crippen molar-refractivity contribution in [3.05, 3.63) is 41.5 Å². The van der Waals surface area contributed by atoms with Gasteiger partial charge < -0.3 is 24.6 Å². The minimum absolute atomic E-state index is 0.0340. The number of methoxy groups -OCH3 is 2. The van der Waals surface area contributed by atoms with Crippen molar-refractivity contribution < 1.29 is 28.9 Å². The number of amides is 1. The number of rotatable bonds is 8. The fourth-order valence-electron chi connectivity index (χ4n) is 3.49. The fraction of sp³-hybridized carbons (Fsp3) is 0.364. The van der Waals surface area contributed by atoms with Crippen LogP contribution >= 0.6 is 0 Å². The van der Waals surface area contributed by atoms with Gasteiger partial charge in [-0.2, -0.15) is 0 Å². The van der Waals surface area contributed by atoms with Gasteiger partial charge in [-0.15, -0.1) is 0 Å². The highest BCUT2D eigenvalue weighted by molar-refractivity contribution is 6.01. The van der Waals surface area contributed by atoms with E-state index in [1.807, 2.05) is 32.0 Å². The van der Waals surface area contributed by atoms with Crippen LogP contribution in [0.15, 0.2) is 30.3 Å². The Bertz CT molecular complexity index is 951. The van der Waals surface area contributed by atoms with Crippen LogP contribution in [-0.4, -0.2) is 37.8 Å². The number of aliphatic carboxylic acids is 1. The molecule has 2 aromatic rings. The maximum Gasteiger partial charge on any atom is 0.304 e. The molecule has 0 unspecified atom stereocenters. The van der Waals surface area contributed by atoms with Crippen molar-refractivity contribution in [1.29, 1.82) is 0 Å². The molecule has 0 aromatic heterocycles. The lowest BCUT2D eigenvalue weighted by Crippen LogP contribution is -2.25. The van der Waals surface area contributed by atoms with Gasteiger partial charge in [0.05, 0.1) is 27.2 Å². The molecule has 2 N–H and O–H groups in total. The summed E-state index contributed by atoms with van der Waals surface area (Å²) in [5.41, 5.74) is 2.54. The van der Waals surface area contributed by atoms with Crippen molar-refractivity contribution in [2.75, 3.05) is 20.8 Å². The minimum Gasteiger partial charge on any atom is -0.493 e. The van der Waals surface area contributed by atoms with Crippen LogP contribution in [0, 0.1) is 5.41 Å². The van der Waals surface area contributed by atoms with E-state index >= 15 is 0 Å². The highest BCUT2D eigenvalue weighted by atomic mass is 16.5. The van der Waals surface area contributed by atoms with E-state index in [9.17, 15) is 9.59 Å². The van der Waals surface area contributed by atoms with Gasteiger partial charge in [0.1, 0.15) is 0 Å². The lowest BCUT2D eigenvalue weighted by Gasteiger charge is -2.25. The Morgan fingerprint density at radius 2 is 1.79 bits per heavy atom. The molecule has 1 aliphatic rings. The zero-order valence-corrected chi connectivity index (χ0v) is 17.0. The van der Waals surface area contributed by atoms with Gasteiger partial charge >= 0.3 is 5.97 Å². The summed E-state index contributed by atoms with van der Waals surface area (Å²) < 4.78 is 17.1. The maximum absolute atomic E-state index is 12.1. The second-order valence-electron chi connectivity index (χ2n) is 7.72. The molecule has 0 saturated heterocycles. The molecule has 1 aliphatic heterocycles. The van der Waals surface area contributed by atoms with E-state index in [1.165, 1.54) is 7.11 Å². The van der Waals surface area contributed by atoms with Crippen molar-refractivity contribution in [2.45, 2.75) is 26.8 Å². The number of nitrogens with one attached hydrogen (secondary N) is 1. The molecule has 7 nitrogen and oxygen atoms in total. The highest BCUT2D eigenvalue weighted by Gasteiger charge is 2.28. The summed E-state index contributed by atoms with van der Waals surface area (Å²) in [6, 6.07) is 9.19. The van der Waals surface area contributed by atoms with Crippen molar-refractivity contribution in [1.82, 2.24) is 5.32 Å². The Balaban J connectivity index is 2.09. The molecule has 2 aromatic carbocycles. The monoisotopic (exact) mass is 399 g/mol. The molecular formula is C22H25NO6. The first-order chi connectivity index (χ1) is 13.8. The van der Waals surface area contributed by atoms with Gasteiger partial charge in [0, 0.05) is 23.1 Å². The SMILES string of the molecule is COc1ccc(-c2cccc3c2CNC3=O)c(OCC(C)(C)CC(=O)O)c1OC. The molecule has 0 bridgehead atoms. The van der Waals surface area contributed by atoms with E-state index in [1.54, 1.807) is 19.2 Å². The highest BCUT2D eigenvalue weighted by Crippen LogP contribution is 2.46. The predicted octanol–water partition coefficient (Wildman–Crippen LogP) is 3.49. The van der Waals surface area contributed by atoms with Gasteiger partial charge in [-0.3, -0.25) is 9.59 Å². The zero-order chi connectivity index (χ0) is 21.2. The quantitative estimate of drug-likeness (QED) is 0.706. The molecule has 0 spiro atoms. The average molecular weight is 399 g/mol. The van der Waals surface area contributed by atoms with Crippen molar-refractivity contribution in [3.8, 4) is 28.4 Å². The molecule has 0 radical (unpaired) electrons. The minimum atomic E-state index is -0.887. The predicted molar refractivity (Wildman–Crippen MR) is 108 cm³/mol. The number of carboxylic acid groups (broad SMARTS) is 1. The van der Waals surface area contributed by atoms with E-state index in [4.69, 9.17) is 19.3 Å². The number of hydrogen-bond acceptors (Lipinski definition) is 5. The molecule has 154 valence electrons. The lowest BCUT2D eigenvalue weighted by atomic mass is 9.90. The summed E-state index contributed by atoms with van der Waals surface area (Å²) in [4.78, 5) is 23.2. The van der Waals surface area contributed by atoms with Crippen LogP contribution in [0.2, 0.25) is 0 Å². The van der Waals surface area contributed by atoms with Gasteiger partial charge in [0.15, 0.2) is 11.5 Å². The molecule has 1 amide bonds. The van der Waals surface area contributed by atoms with Crippen LogP contribution in [0.25, 0.3) is 11.1 Å². The normalized spacial score (nSPS) is 12.9. The number of carboxylic acids is 1. The number of fused-ring (bicyclic) bond motifs is 1. The first-order valence-corrected chi connectivity index (χ1v) is 9.27. The fourth-order valence-corrected chi connectivity index (χ4v) is 3.49. The average Bonchev–Trinajstić information content (AvgIpc) is 3.05. The van der Waals surface area contributed by atoms with E-state index in [2.05, 4.69) is 5.32 Å². The van der Waals surface area contributed by atoms with Gasteiger partial charge in [-0.1, -0.05) is 26.0 Å². The number of benzene rings is 2. The van der Waals surface area contributed by atoms with Crippen LogP contribution in [-0.2, 0) is 11.3 Å². The second-order valence-corrected chi connectivity index (χ2v) is 7.72. The summed E-state index contributed by atoms with van der Waals surface area (Å²) in [7, 11) is 3.07. The molecule has 7 heteroatoms. The number of hydrogen-bond donors (Lipinski definition) is 2. The third-order valence-electron chi connectivity index (χ3n) is 4.87. The standard InChI is InChI=1S/C22H25NO6/c1-22(2,10-18(24)25)12-29-19-14(8-9-17(27-3)20(19)28-4)13-6-5-7-15-16(13)11-23-21(15)26/h5-9H,10-12H2,1-4H3,(H,23,26)(H,24,25). The zero-order valence-electron chi connectivity index (χ0n) is 17.0.